The molecule has 0 saturated carbocycles. The van der Waals surface area contributed by atoms with E-state index in [2.05, 4.69) is 10.3 Å². The molecule has 1 heterocycles. The molecule has 0 bridgehead atoms. The molecule has 0 unspecified atom stereocenters. The highest BCUT2D eigenvalue weighted by Crippen LogP contribution is 2.06. The second-order valence-corrected chi connectivity index (χ2v) is 4.20. The molecule has 0 saturated heterocycles. The minimum absolute atomic E-state index is 0.0383. The molecular weight excluding hydrogens is 272 g/mol. The first-order chi connectivity index (χ1) is 9.97. The number of benzene rings is 1. The van der Waals surface area contributed by atoms with Crippen molar-refractivity contribution < 1.29 is 14.4 Å². The summed E-state index contributed by atoms with van der Waals surface area (Å²) in [5, 5.41) is 2.21. The molecule has 0 aliphatic heterocycles. The zero-order valence-corrected chi connectivity index (χ0v) is 10.9. The standard InChI is InChI=1S/C14H12N4O3/c15-10-4-1-8(2-5-10)13(20)18-14(21)9-3-6-11(12(16)19)17-7-9/h1-7H,15H2,(H2,16,19)(H,18,20,21). The van der Waals surface area contributed by atoms with E-state index in [1.165, 1.54) is 30.5 Å². The second kappa shape index (κ2) is 5.83. The van der Waals surface area contributed by atoms with Crippen LogP contribution in [0.1, 0.15) is 31.2 Å². The van der Waals surface area contributed by atoms with Crippen LogP contribution in [0.15, 0.2) is 42.6 Å². The molecule has 106 valence electrons. The Morgan fingerprint density at radius 2 is 1.48 bits per heavy atom. The summed E-state index contributed by atoms with van der Waals surface area (Å²) in [6.45, 7) is 0. The number of nitrogen functional groups attached to an aromatic ring is 1. The Kier molecular flexibility index (Phi) is 3.94. The van der Waals surface area contributed by atoms with Crippen molar-refractivity contribution in [3.63, 3.8) is 0 Å². The summed E-state index contributed by atoms with van der Waals surface area (Å²) in [6.07, 6.45) is 1.17. The van der Waals surface area contributed by atoms with E-state index in [1.54, 1.807) is 12.1 Å². The molecular formula is C14H12N4O3. The zero-order chi connectivity index (χ0) is 15.4. The van der Waals surface area contributed by atoms with E-state index in [-0.39, 0.29) is 11.3 Å². The van der Waals surface area contributed by atoms with Gasteiger partial charge in [-0.15, -0.1) is 0 Å². The van der Waals surface area contributed by atoms with Crippen molar-refractivity contribution in [2.75, 3.05) is 5.73 Å². The molecule has 7 nitrogen and oxygen atoms in total. The van der Waals surface area contributed by atoms with Crippen molar-refractivity contribution in [2.45, 2.75) is 0 Å². The molecule has 5 N–H and O–H groups in total. The molecule has 0 atom stereocenters. The fraction of sp³-hybridized carbons (Fsp3) is 0. The van der Waals surface area contributed by atoms with Gasteiger partial charge in [0.2, 0.25) is 0 Å². The van der Waals surface area contributed by atoms with Crippen molar-refractivity contribution >= 4 is 23.4 Å². The molecule has 0 radical (unpaired) electrons. The van der Waals surface area contributed by atoms with E-state index in [1.807, 2.05) is 0 Å². The van der Waals surface area contributed by atoms with Crippen molar-refractivity contribution in [3.8, 4) is 0 Å². The highest BCUT2D eigenvalue weighted by atomic mass is 16.2. The molecule has 21 heavy (non-hydrogen) atoms. The van der Waals surface area contributed by atoms with Crippen LogP contribution in [0, 0.1) is 0 Å². The fourth-order valence-corrected chi connectivity index (χ4v) is 1.56. The molecule has 1 aromatic heterocycles. The van der Waals surface area contributed by atoms with Crippen LogP contribution in [-0.2, 0) is 0 Å². The highest BCUT2D eigenvalue weighted by molar-refractivity contribution is 6.10. The highest BCUT2D eigenvalue weighted by Gasteiger charge is 2.13. The van der Waals surface area contributed by atoms with E-state index in [9.17, 15) is 14.4 Å². The molecule has 2 rings (SSSR count). The number of aromatic nitrogens is 1. The molecule has 3 amide bonds. The summed E-state index contributed by atoms with van der Waals surface area (Å²) in [5.41, 5.74) is 11.6. The zero-order valence-electron chi connectivity index (χ0n) is 10.9. The van der Waals surface area contributed by atoms with Crippen LogP contribution >= 0.6 is 0 Å². The lowest BCUT2D eigenvalue weighted by Crippen LogP contribution is -2.30. The number of nitrogens with one attached hydrogen (secondary N) is 1. The lowest BCUT2D eigenvalue weighted by atomic mass is 10.2. The van der Waals surface area contributed by atoms with Crippen LogP contribution in [0.25, 0.3) is 0 Å². The average Bonchev–Trinajstić information content (AvgIpc) is 2.47. The predicted octanol–water partition coefficient (Wildman–Crippen LogP) is 0.333. The Hall–Kier alpha value is -3.22. The number of carbonyl (C=O) groups excluding carboxylic acids is 3. The summed E-state index contributed by atoms with van der Waals surface area (Å²) < 4.78 is 0. The number of hydrogen-bond acceptors (Lipinski definition) is 5. The number of amides is 3. The van der Waals surface area contributed by atoms with Crippen molar-refractivity contribution in [1.82, 2.24) is 10.3 Å². The minimum atomic E-state index is -0.695. The first-order valence-electron chi connectivity index (χ1n) is 5.94. The first-order valence-corrected chi connectivity index (χ1v) is 5.94. The molecule has 0 spiro atoms. The number of pyridine rings is 1. The monoisotopic (exact) mass is 284 g/mol. The Labute approximate surface area is 120 Å². The Morgan fingerprint density at radius 3 is 2.00 bits per heavy atom. The maximum Gasteiger partial charge on any atom is 0.267 e. The van der Waals surface area contributed by atoms with Crippen LogP contribution in [0.5, 0.6) is 0 Å². The Morgan fingerprint density at radius 1 is 0.905 bits per heavy atom. The van der Waals surface area contributed by atoms with E-state index < -0.39 is 17.7 Å². The van der Waals surface area contributed by atoms with Gasteiger partial charge in [0.05, 0.1) is 5.56 Å². The van der Waals surface area contributed by atoms with E-state index >= 15 is 0 Å². The van der Waals surface area contributed by atoms with Gasteiger partial charge in [-0.1, -0.05) is 0 Å². The van der Waals surface area contributed by atoms with Gasteiger partial charge >= 0.3 is 0 Å². The average molecular weight is 284 g/mol. The summed E-state index contributed by atoms with van der Waals surface area (Å²) >= 11 is 0. The van der Waals surface area contributed by atoms with Crippen molar-refractivity contribution in [2.24, 2.45) is 5.73 Å². The summed E-state index contributed by atoms with van der Waals surface area (Å²) in [7, 11) is 0. The summed E-state index contributed by atoms with van der Waals surface area (Å²) in [6, 6.07) is 8.80. The molecule has 0 aliphatic rings. The normalized spacial score (nSPS) is 9.90. The third kappa shape index (κ3) is 3.41. The van der Waals surface area contributed by atoms with Gasteiger partial charge < -0.3 is 11.5 Å². The van der Waals surface area contributed by atoms with Gasteiger partial charge in [0.15, 0.2) is 0 Å². The van der Waals surface area contributed by atoms with Gasteiger partial charge in [-0.2, -0.15) is 0 Å². The fourth-order valence-electron chi connectivity index (χ4n) is 1.56. The van der Waals surface area contributed by atoms with Gasteiger partial charge in [-0.3, -0.25) is 24.7 Å². The number of rotatable bonds is 3. The van der Waals surface area contributed by atoms with Crippen LogP contribution in [0.4, 0.5) is 5.69 Å². The maximum atomic E-state index is 11.9. The van der Waals surface area contributed by atoms with Crippen molar-refractivity contribution in [1.29, 1.82) is 0 Å². The molecule has 7 heteroatoms. The number of imide groups is 1. The van der Waals surface area contributed by atoms with Crippen LogP contribution in [0.3, 0.4) is 0 Å². The largest absolute Gasteiger partial charge is 0.399 e. The molecule has 0 aliphatic carbocycles. The molecule has 1 aromatic carbocycles. The number of nitrogens with zero attached hydrogens (tertiary/aromatic N) is 1. The SMILES string of the molecule is NC(=O)c1ccc(C(=O)NC(=O)c2ccc(N)cc2)cn1. The lowest BCUT2D eigenvalue weighted by Gasteiger charge is -2.04. The quantitative estimate of drug-likeness (QED) is 0.552. The number of hydrogen-bond donors (Lipinski definition) is 3. The maximum absolute atomic E-state index is 11.9. The second-order valence-electron chi connectivity index (χ2n) is 4.20. The lowest BCUT2D eigenvalue weighted by molar-refractivity contribution is 0.0847. The molecule has 0 fully saturated rings. The molecule has 2 aromatic rings. The predicted molar refractivity (Wildman–Crippen MR) is 75.4 cm³/mol. The van der Waals surface area contributed by atoms with Crippen LogP contribution < -0.4 is 16.8 Å². The van der Waals surface area contributed by atoms with Crippen molar-refractivity contribution in [3.05, 3.63) is 59.4 Å². The topological polar surface area (TPSA) is 128 Å². The summed E-state index contributed by atoms with van der Waals surface area (Å²) in [4.78, 5) is 38.3. The van der Waals surface area contributed by atoms with E-state index in [0.717, 1.165) is 0 Å². The minimum Gasteiger partial charge on any atom is -0.399 e. The van der Waals surface area contributed by atoms with Crippen LogP contribution in [-0.4, -0.2) is 22.7 Å². The van der Waals surface area contributed by atoms with Gasteiger partial charge in [0.1, 0.15) is 5.69 Å². The number of primary amides is 1. The third-order valence-corrected chi connectivity index (χ3v) is 2.68. The van der Waals surface area contributed by atoms with Gasteiger partial charge in [-0.05, 0) is 36.4 Å². The van der Waals surface area contributed by atoms with Crippen LogP contribution in [0.2, 0.25) is 0 Å². The number of nitrogens with two attached hydrogens (primary N) is 2. The number of anilines is 1. The smallest absolute Gasteiger partial charge is 0.267 e. The van der Waals surface area contributed by atoms with E-state index in [4.69, 9.17) is 11.5 Å². The Balaban J connectivity index is 2.08. The van der Waals surface area contributed by atoms with Gasteiger partial charge in [0.25, 0.3) is 17.7 Å². The Bertz CT molecular complexity index is 693. The number of carbonyl (C=O) groups is 3. The first kappa shape index (κ1) is 14.2. The van der Waals surface area contributed by atoms with Gasteiger partial charge in [0, 0.05) is 17.4 Å². The van der Waals surface area contributed by atoms with Gasteiger partial charge in [-0.25, -0.2) is 0 Å². The summed E-state index contributed by atoms with van der Waals surface area (Å²) in [5.74, 6) is -1.88. The third-order valence-electron chi connectivity index (χ3n) is 2.68. The van der Waals surface area contributed by atoms with E-state index in [0.29, 0.717) is 11.3 Å².